The highest BCUT2D eigenvalue weighted by Gasteiger charge is 2.30. The van der Waals surface area contributed by atoms with Crippen molar-refractivity contribution in [3.05, 3.63) is 28.2 Å². The smallest absolute Gasteiger partial charge is 0.307 e. The number of benzene rings is 1. The molecule has 2 atom stereocenters. The number of ether oxygens (including phenoxy) is 2. The van der Waals surface area contributed by atoms with Crippen molar-refractivity contribution < 1.29 is 23.9 Å². The van der Waals surface area contributed by atoms with Gasteiger partial charge in [0, 0.05) is 23.5 Å². The van der Waals surface area contributed by atoms with Crippen LogP contribution in [0.15, 0.2) is 22.7 Å². The lowest BCUT2D eigenvalue weighted by Crippen LogP contribution is -2.48. The molecular weight excluding hydrogens is 426 g/mol. The summed E-state index contributed by atoms with van der Waals surface area (Å²) in [6.45, 7) is 4.37. The van der Waals surface area contributed by atoms with Crippen molar-refractivity contribution in [3.8, 4) is 5.75 Å². The first-order chi connectivity index (χ1) is 13.4. The normalized spacial score (nSPS) is 17.7. The minimum Gasteiger partial charge on any atom is -0.496 e. The van der Waals surface area contributed by atoms with E-state index in [9.17, 15) is 14.4 Å². The van der Waals surface area contributed by atoms with Gasteiger partial charge in [0.2, 0.25) is 0 Å². The van der Waals surface area contributed by atoms with Crippen LogP contribution in [0.3, 0.4) is 0 Å². The molecule has 7 heteroatoms. The van der Waals surface area contributed by atoms with Crippen molar-refractivity contribution in [3.63, 3.8) is 0 Å². The molecule has 1 saturated heterocycles. The molecule has 1 amide bonds. The SMILES string of the molecule is CCC1CCCCN1C(=O)C(C)OC(=O)CCC(=O)c1cc(Br)ccc1OC. The second kappa shape index (κ2) is 10.6. The predicted octanol–water partition coefficient (Wildman–Crippen LogP) is 4.14. The van der Waals surface area contributed by atoms with Crippen LogP contribution in [0.25, 0.3) is 0 Å². The van der Waals surface area contributed by atoms with E-state index in [1.54, 1.807) is 25.1 Å². The molecule has 2 unspecified atom stereocenters. The zero-order valence-corrected chi connectivity index (χ0v) is 18.3. The van der Waals surface area contributed by atoms with Crippen LogP contribution in [0.1, 0.15) is 62.7 Å². The first-order valence-electron chi connectivity index (χ1n) is 9.74. The van der Waals surface area contributed by atoms with Gasteiger partial charge in [0.1, 0.15) is 5.75 Å². The van der Waals surface area contributed by atoms with E-state index in [1.165, 1.54) is 7.11 Å². The summed E-state index contributed by atoms with van der Waals surface area (Å²) in [6, 6.07) is 5.35. The van der Waals surface area contributed by atoms with E-state index in [-0.39, 0.29) is 30.6 Å². The zero-order valence-electron chi connectivity index (χ0n) is 16.7. The van der Waals surface area contributed by atoms with Gasteiger partial charge in [-0.3, -0.25) is 14.4 Å². The molecule has 1 aliphatic rings. The summed E-state index contributed by atoms with van der Waals surface area (Å²) in [5.74, 6) is -0.454. The molecule has 154 valence electrons. The van der Waals surface area contributed by atoms with Crippen LogP contribution in [0.4, 0.5) is 0 Å². The van der Waals surface area contributed by atoms with E-state index in [1.807, 2.05) is 4.90 Å². The minimum absolute atomic E-state index is 0.00609. The molecule has 1 fully saturated rings. The average Bonchev–Trinajstić information content (AvgIpc) is 2.71. The third kappa shape index (κ3) is 5.80. The van der Waals surface area contributed by atoms with Crippen LogP contribution in [0, 0.1) is 0 Å². The number of hydrogen-bond donors (Lipinski definition) is 0. The van der Waals surface area contributed by atoms with Crippen molar-refractivity contribution in [1.82, 2.24) is 4.90 Å². The monoisotopic (exact) mass is 453 g/mol. The van der Waals surface area contributed by atoms with E-state index in [2.05, 4.69) is 22.9 Å². The Morgan fingerprint density at radius 2 is 2.00 bits per heavy atom. The van der Waals surface area contributed by atoms with Crippen LogP contribution >= 0.6 is 15.9 Å². The number of nitrogens with zero attached hydrogens (tertiary/aromatic N) is 1. The molecule has 0 aliphatic carbocycles. The number of halogens is 1. The lowest BCUT2D eigenvalue weighted by atomic mass is 9.99. The minimum atomic E-state index is -0.838. The highest BCUT2D eigenvalue weighted by Crippen LogP contribution is 2.25. The van der Waals surface area contributed by atoms with Crippen LogP contribution in [-0.4, -0.2) is 48.4 Å². The summed E-state index contributed by atoms with van der Waals surface area (Å²) in [5, 5.41) is 0. The molecule has 0 radical (unpaired) electrons. The molecule has 0 saturated carbocycles. The Balaban J connectivity index is 1.88. The van der Waals surface area contributed by atoms with Crippen molar-refractivity contribution in [1.29, 1.82) is 0 Å². The molecule has 6 nitrogen and oxygen atoms in total. The van der Waals surface area contributed by atoms with E-state index < -0.39 is 12.1 Å². The second-order valence-electron chi connectivity index (χ2n) is 6.99. The maximum absolute atomic E-state index is 12.6. The quantitative estimate of drug-likeness (QED) is 0.436. The number of esters is 1. The van der Waals surface area contributed by atoms with Gasteiger partial charge in [-0.1, -0.05) is 22.9 Å². The lowest BCUT2D eigenvalue weighted by Gasteiger charge is -2.36. The number of carbonyl (C=O) groups excluding carboxylic acids is 3. The lowest BCUT2D eigenvalue weighted by molar-refractivity contribution is -0.160. The maximum atomic E-state index is 12.6. The highest BCUT2D eigenvalue weighted by atomic mass is 79.9. The molecule has 0 bridgehead atoms. The Labute approximate surface area is 174 Å². The summed E-state index contributed by atoms with van der Waals surface area (Å²) in [5.41, 5.74) is 0.410. The number of piperidine rings is 1. The number of likely N-dealkylation sites (tertiary alicyclic amines) is 1. The summed E-state index contributed by atoms with van der Waals surface area (Å²) < 4.78 is 11.3. The van der Waals surface area contributed by atoms with Gasteiger partial charge in [0.15, 0.2) is 11.9 Å². The number of carbonyl (C=O) groups is 3. The summed E-state index contributed by atoms with van der Waals surface area (Å²) in [6.07, 6.45) is 3.07. The Hall–Kier alpha value is -1.89. The molecule has 1 aliphatic heterocycles. The molecule has 0 N–H and O–H groups in total. The van der Waals surface area contributed by atoms with Gasteiger partial charge >= 0.3 is 5.97 Å². The molecule has 1 aromatic rings. The first kappa shape index (κ1) is 22.4. The summed E-state index contributed by atoms with van der Waals surface area (Å²) in [4.78, 5) is 39.1. The molecule has 28 heavy (non-hydrogen) atoms. The maximum Gasteiger partial charge on any atom is 0.307 e. The van der Waals surface area contributed by atoms with Gasteiger partial charge in [-0.2, -0.15) is 0 Å². The van der Waals surface area contributed by atoms with Crippen LogP contribution < -0.4 is 4.74 Å². The van der Waals surface area contributed by atoms with Crippen molar-refractivity contribution >= 4 is 33.6 Å². The molecule has 0 spiro atoms. The van der Waals surface area contributed by atoms with Gasteiger partial charge in [-0.25, -0.2) is 0 Å². The molecule has 0 aromatic heterocycles. The third-order valence-corrected chi connectivity index (χ3v) is 5.55. The number of ketones is 1. The number of Topliss-reactive ketones (excluding diaryl/α,β-unsaturated/α-hetero) is 1. The van der Waals surface area contributed by atoms with E-state index in [0.29, 0.717) is 17.9 Å². The average molecular weight is 454 g/mol. The molecule has 2 rings (SSSR count). The fourth-order valence-corrected chi connectivity index (χ4v) is 3.86. The van der Waals surface area contributed by atoms with Gasteiger partial charge in [0.05, 0.1) is 19.1 Å². The van der Waals surface area contributed by atoms with Gasteiger partial charge in [0.25, 0.3) is 5.91 Å². The van der Waals surface area contributed by atoms with E-state index >= 15 is 0 Å². The third-order valence-electron chi connectivity index (χ3n) is 5.06. The fraction of sp³-hybridized carbons (Fsp3) is 0.571. The standard InChI is InChI=1S/C21H28BrNO5/c1-4-16-7-5-6-12-23(16)21(26)14(2)28-20(25)11-9-18(24)17-13-15(22)8-10-19(17)27-3/h8,10,13-14,16H,4-7,9,11-12H2,1-3H3. The summed E-state index contributed by atoms with van der Waals surface area (Å²) in [7, 11) is 1.49. The Morgan fingerprint density at radius 1 is 1.25 bits per heavy atom. The highest BCUT2D eigenvalue weighted by molar-refractivity contribution is 9.10. The van der Waals surface area contributed by atoms with Crippen molar-refractivity contribution in [2.24, 2.45) is 0 Å². The Morgan fingerprint density at radius 3 is 2.68 bits per heavy atom. The largest absolute Gasteiger partial charge is 0.496 e. The van der Waals surface area contributed by atoms with Crippen molar-refractivity contribution in [2.45, 2.75) is 64.5 Å². The molecule has 1 heterocycles. The zero-order chi connectivity index (χ0) is 20.7. The topological polar surface area (TPSA) is 72.9 Å². The molecular formula is C21H28BrNO5. The fourth-order valence-electron chi connectivity index (χ4n) is 3.50. The van der Waals surface area contributed by atoms with Crippen LogP contribution in [0.2, 0.25) is 0 Å². The van der Waals surface area contributed by atoms with Crippen molar-refractivity contribution in [2.75, 3.05) is 13.7 Å². The van der Waals surface area contributed by atoms with Gasteiger partial charge in [-0.05, 0) is 50.8 Å². The number of amides is 1. The number of rotatable bonds is 8. The van der Waals surface area contributed by atoms with E-state index in [4.69, 9.17) is 9.47 Å². The summed E-state index contributed by atoms with van der Waals surface area (Å²) >= 11 is 3.33. The van der Waals surface area contributed by atoms with Crippen LogP contribution in [0.5, 0.6) is 5.75 Å². The van der Waals surface area contributed by atoms with Gasteiger partial charge < -0.3 is 14.4 Å². The Kier molecular flexibility index (Phi) is 8.48. The molecule has 1 aromatic carbocycles. The van der Waals surface area contributed by atoms with E-state index in [0.717, 1.165) is 30.2 Å². The first-order valence-corrected chi connectivity index (χ1v) is 10.5. The second-order valence-corrected chi connectivity index (χ2v) is 7.91. The number of hydrogen-bond acceptors (Lipinski definition) is 5. The van der Waals surface area contributed by atoms with Gasteiger partial charge in [-0.15, -0.1) is 0 Å². The number of methoxy groups -OCH3 is 1. The van der Waals surface area contributed by atoms with Crippen LogP contribution in [-0.2, 0) is 14.3 Å². The Bertz CT molecular complexity index is 721. The predicted molar refractivity (Wildman–Crippen MR) is 109 cm³/mol.